The van der Waals surface area contributed by atoms with Crippen LogP contribution in [0.1, 0.15) is 49.7 Å². The number of benzene rings is 2. The Balaban J connectivity index is 1.38. The van der Waals surface area contributed by atoms with Crippen molar-refractivity contribution in [3.05, 3.63) is 59.7 Å². The summed E-state index contributed by atoms with van der Waals surface area (Å²) in [5, 5.41) is 14.5. The second kappa shape index (κ2) is 10.7. The van der Waals surface area contributed by atoms with Crippen LogP contribution in [0, 0.1) is 0 Å². The first kappa shape index (κ1) is 23.8. The molecule has 2 aromatic rings. The number of aliphatic carboxylic acids is 1. The van der Waals surface area contributed by atoms with Gasteiger partial charge in [0, 0.05) is 12.5 Å². The van der Waals surface area contributed by atoms with Crippen LogP contribution in [0.25, 0.3) is 11.1 Å². The number of alkyl carbamates (subject to hydrolysis) is 1. The second-order valence-corrected chi connectivity index (χ2v) is 8.82. The molecule has 0 radical (unpaired) electrons. The summed E-state index contributed by atoms with van der Waals surface area (Å²) in [6.45, 7) is 2.54. The van der Waals surface area contributed by atoms with Crippen molar-refractivity contribution in [3.8, 4) is 11.1 Å². The Morgan fingerprint density at radius 1 is 1.03 bits per heavy atom. The van der Waals surface area contributed by atoms with E-state index in [9.17, 15) is 19.5 Å². The molecule has 0 aromatic heterocycles. The predicted octanol–water partition coefficient (Wildman–Crippen LogP) is 3.44. The summed E-state index contributed by atoms with van der Waals surface area (Å²) in [6.07, 6.45) is 1.32. The highest BCUT2D eigenvalue weighted by Gasteiger charge is 2.31. The molecule has 1 aliphatic carbocycles. The van der Waals surface area contributed by atoms with E-state index in [1.54, 1.807) is 0 Å². The van der Waals surface area contributed by atoms with E-state index in [2.05, 4.69) is 10.6 Å². The van der Waals surface area contributed by atoms with E-state index in [1.807, 2.05) is 55.5 Å². The normalized spacial score (nSPS) is 18.8. The first-order valence-corrected chi connectivity index (χ1v) is 11.7. The smallest absolute Gasteiger partial charge is 0.407 e. The Morgan fingerprint density at radius 2 is 1.68 bits per heavy atom. The number of hydrogen-bond donors (Lipinski definition) is 3. The van der Waals surface area contributed by atoms with Gasteiger partial charge < -0.3 is 25.2 Å². The van der Waals surface area contributed by atoms with Gasteiger partial charge in [-0.3, -0.25) is 9.59 Å². The quantitative estimate of drug-likeness (QED) is 0.549. The van der Waals surface area contributed by atoms with E-state index in [4.69, 9.17) is 9.47 Å². The van der Waals surface area contributed by atoms with Gasteiger partial charge in [0.2, 0.25) is 5.91 Å². The third kappa shape index (κ3) is 5.39. The summed E-state index contributed by atoms with van der Waals surface area (Å²) in [5.74, 6) is -1.90. The molecule has 2 aromatic carbocycles. The monoisotopic (exact) mass is 466 g/mol. The summed E-state index contributed by atoms with van der Waals surface area (Å²) in [7, 11) is 0. The van der Waals surface area contributed by atoms with Crippen molar-refractivity contribution in [2.75, 3.05) is 13.2 Å². The van der Waals surface area contributed by atoms with E-state index in [0.29, 0.717) is 6.61 Å². The average Bonchev–Trinajstić information content (AvgIpc) is 3.16. The van der Waals surface area contributed by atoms with E-state index in [1.165, 1.54) is 0 Å². The van der Waals surface area contributed by atoms with Crippen molar-refractivity contribution in [2.24, 2.45) is 0 Å². The number of carboxylic acid groups (broad SMARTS) is 1. The Morgan fingerprint density at radius 3 is 2.26 bits per heavy atom. The first-order valence-electron chi connectivity index (χ1n) is 11.7. The zero-order valence-corrected chi connectivity index (χ0v) is 19.2. The highest BCUT2D eigenvalue weighted by atomic mass is 16.5. The Bertz CT molecular complexity index is 1000. The molecule has 8 nitrogen and oxygen atoms in total. The fourth-order valence-corrected chi connectivity index (χ4v) is 4.74. The van der Waals surface area contributed by atoms with Crippen LogP contribution in [0.4, 0.5) is 4.79 Å². The summed E-state index contributed by atoms with van der Waals surface area (Å²) in [4.78, 5) is 36.7. The molecular weight excluding hydrogens is 436 g/mol. The van der Waals surface area contributed by atoms with Gasteiger partial charge in [-0.2, -0.15) is 0 Å². The number of rotatable bonds is 8. The number of hydrogen-bond acceptors (Lipinski definition) is 5. The zero-order chi connectivity index (χ0) is 24.1. The summed E-state index contributed by atoms with van der Waals surface area (Å²) in [5.41, 5.74) is 4.35. The van der Waals surface area contributed by atoms with Crippen molar-refractivity contribution < 1.29 is 29.0 Å². The molecule has 8 heteroatoms. The topological polar surface area (TPSA) is 114 Å². The number of fused-ring (bicyclic) bond motifs is 3. The molecule has 2 amide bonds. The lowest BCUT2D eigenvalue weighted by molar-refractivity contribution is -0.140. The third-order valence-corrected chi connectivity index (χ3v) is 6.47. The van der Waals surface area contributed by atoms with Gasteiger partial charge in [0.1, 0.15) is 12.6 Å². The van der Waals surface area contributed by atoms with Crippen LogP contribution in [0.5, 0.6) is 0 Å². The first-order chi connectivity index (χ1) is 16.4. The van der Waals surface area contributed by atoms with E-state index in [-0.39, 0.29) is 24.7 Å². The molecule has 2 aliphatic rings. The van der Waals surface area contributed by atoms with Crippen LogP contribution < -0.4 is 10.6 Å². The van der Waals surface area contributed by atoms with Crippen molar-refractivity contribution in [3.63, 3.8) is 0 Å². The molecular formula is C26H30N2O6. The molecule has 3 unspecified atom stereocenters. The van der Waals surface area contributed by atoms with Gasteiger partial charge in [-0.25, -0.2) is 4.79 Å². The fourth-order valence-electron chi connectivity index (χ4n) is 4.74. The SMILES string of the molecule is CC(NC(=O)C(CC(=O)O)NC(=O)OCC1c2ccccc2-c2ccccc21)C1CCCCO1. The number of carboxylic acids is 1. The predicted molar refractivity (Wildman–Crippen MR) is 125 cm³/mol. The van der Waals surface area contributed by atoms with Gasteiger partial charge in [0.25, 0.3) is 0 Å². The lowest BCUT2D eigenvalue weighted by atomic mass is 9.98. The van der Waals surface area contributed by atoms with Crippen molar-refractivity contribution in [2.45, 2.75) is 56.7 Å². The molecule has 0 spiro atoms. The van der Waals surface area contributed by atoms with E-state index >= 15 is 0 Å². The summed E-state index contributed by atoms with van der Waals surface area (Å²) in [6, 6.07) is 14.4. The maximum absolute atomic E-state index is 12.8. The maximum atomic E-state index is 12.8. The minimum Gasteiger partial charge on any atom is -0.481 e. The van der Waals surface area contributed by atoms with Gasteiger partial charge in [-0.05, 0) is 48.4 Å². The molecule has 1 aliphatic heterocycles. The van der Waals surface area contributed by atoms with Crippen molar-refractivity contribution in [1.29, 1.82) is 0 Å². The Kier molecular flexibility index (Phi) is 7.47. The minimum absolute atomic E-state index is 0.0770. The maximum Gasteiger partial charge on any atom is 0.407 e. The number of amides is 2. The molecule has 1 saturated heterocycles. The van der Waals surface area contributed by atoms with Gasteiger partial charge in [-0.15, -0.1) is 0 Å². The molecule has 3 atom stereocenters. The number of ether oxygens (including phenoxy) is 2. The lowest BCUT2D eigenvalue weighted by Crippen LogP contribution is -2.53. The van der Waals surface area contributed by atoms with Gasteiger partial charge in [0.15, 0.2) is 0 Å². The summed E-state index contributed by atoms with van der Waals surface area (Å²) >= 11 is 0. The van der Waals surface area contributed by atoms with Crippen LogP contribution >= 0.6 is 0 Å². The molecule has 180 valence electrons. The van der Waals surface area contributed by atoms with Crippen molar-refractivity contribution in [1.82, 2.24) is 10.6 Å². The second-order valence-electron chi connectivity index (χ2n) is 8.82. The van der Waals surface area contributed by atoms with Crippen LogP contribution in [0.2, 0.25) is 0 Å². The average molecular weight is 467 g/mol. The van der Waals surface area contributed by atoms with Gasteiger partial charge >= 0.3 is 12.1 Å². The van der Waals surface area contributed by atoms with Crippen LogP contribution in [0.3, 0.4) is 0 Å². The summed E-state index contributed by atoms with van der Waals surface area (Å²) < 4.78 is 11.2. The Hall–Kier alpha value is -3.39. The molecule has 0 saturated carbocycles. The van der Waals surface area contributed by atoms with Crippen molar-refractivity contribution >= 4 is 18.0 Å². The van der Waals surface area contributed by atoms with Crippen LogP contribution in [0.15, 0.2) is 48.5 Å². The largest absolute Gasteiger partial charge is 0.481 e. The molecule has 0 bridgehead atoms. The lowest BCUT2D eigenvalue weighted by Gasteiger charge is -2.29. The van der Waals surface area contributed by atoms with Gasteiger partial charge in [-0.1, -0.05) is 48.5 Å². The van der Waals surface area contributed by atoms with Gasteiger partial charge in [0.05, 0.1) is 18.6 Å². The fraction of sp³-hybridized carbons (Fsp3) is 0.423. The molecule has 1 heterocycles. The zero-order valence-electron chi connectivity index (χ0n) is 19.2. The number of nitrogens with one attached hydrogen (secondary N) is 2. The number of carbonyl (C=O) groups excluding carboxylic acids is 2. The Labute approximate surface area is 198 Å². The van der Waals surface area contributed by atoms with E-state index in [0.717, 1.165) is 41.5 Å². The van der Waals surface area contributed by atoms with Crippen LogP contribution in [-0.2, 0) is 19.1 Å². The third-order valence-electron chi connectivity index (χ3n) is 6.47. The van der Waals surface area contributed by atoms with E-state index < -0.39 is 30.4 Å². The minimum atomic E-state index is -1.25. The number of carbonyl (C=O) groups is 3. The highest BCUT2D eigenvalue weighted by molar-refractivity contribution is 5.89. The molecule has 3 N–H and O–H groups in total. The highest BCUT2D eigenvalue weighted by Crippen LogP contribution is 2.44. The van der Waals surface area contributed by atoms with Crippen LogP contribution in [-0.4, -0.2) is 54.5 Å². The molecule has 4 rings (SSSR count). The molecule has 34 heavy (non-hydrogen) atoms. The standard InChI is InChI=1S/C26H30N2O6/c1-16(23-12-6-7-13-33-23)27-25(31)22(14-24(29)30)28-26(32)34-15-21-19-10-4-2-8-17(19)18-9-3-5-11-20(18)21/h2-5,8-11,16,21-23H,6-7,12-15H2,1H3,(H,27,31)(H,28,32)(H,29,30). The molecule has 1 fully saturated rings.